The lowest BCUT2D eigenvalue weighted by Gasteiger charge is -2.33. The Hall–Kier alpha value is -2.82. The second-order valence-corrected chi connectivity index (χ2v) is 6.26. The second-order valence-electron chi connectivity index (χ2n) is 6.26. The van der Waals surface area contributed by atoms with Crippen LogP contribution in [0.2, 0.25) is 0 Å². The number of para-hydroxylation sites is 1. The molecule has 2 N–H and O–H groups in total. The van der Waals surface area contributed by atoms with Crippen LogP contribution in [0.4, 0.5) is 0 Å². The van der Waals surface area contributed by atoms with E-state index in [0.717, 1.165) is 19.3 Å². The highest BCUT2D eigenvalue weighted by Crippen LogP contribution is 2.33. The Kier molecular flexibility index (Phi) is 5.03. The molecule has 5 heteroatoms. The van der Waals surface area contributed by atoms with E-state index >= 15 is 0 Å². The van der Waals surface area contributed by atoms with Crippen molar-refractivity contribution in [1.29, 1.82) is 0 Å². The van der Waals surface area contributed by atoms with Gasteiger partial charge in [-0.3, -0.25) is 9.59 Å². The maximum atomic E-state index is 12.6. The van der Waals surface area contributed by atoms with Gasteiger partial charge >= 0.3 is 0 Å². The van der Waals surface area contributed by atoms with Crippen LogP contribution in [-0.2, 0) is 11.2 Å². The highest BCUT2D eigenvalue weighted by Gasteiger charge is 2.26. The molecule has 1 aliphatic carbocycles. The van der Waals surface area contributed by atoms with E-state index in [1.165, 1.54) is 11.1 Å². The van der Waals surface area contributed by atoms with Gasteiger partial charge in [-0.25, -0.2) is 0 Å². The van der Waals surface area contributed by atoms with Gasteiger partial charge in [0.1, 0.15) is 5.75 Å². The predicted molar refractivity (Wildman–Crippen MR) is 95.3 cm³/mol. The minimum atomic E-state index is -0.572. The number of rotatable bonds is 5. The summed E-state index contributed by atoms with van der Waals surface area (Å²) in [5, 5.41) is 0. The molecule has 1 unspecified atom stereocenters. The van der Waals surface area contributed by atoms with Gasteiger partial charge in [0.2, 0.25) is 0 Å². The van der Waals surface area contributed by atoms with Gasteiger partial charge in [-0.15, -0.1) is 0 Å². The smallest absolute Gasteiger partial charge is 0.260 e. The third kappa shape index (κ3) is 3.65. The van der Waals surface area contributed by atoms with Crippen LogP contribution in [0.3, 0.4) is 0 Å². The van der Waals surface area contributed by atoms with Crippen molar-refractivity contribution < 1.29 is 14.3 Å². The molecule has 2 amide bonds. The summed E-state index contributed by atoms with van der Waals surface area (Å²) in [6, 6.07) is 15.0. The topological polar surface area (TPSA) is 72.6 Å². The first-order chi connectivity index (χ1) is 12.1. The van der Waals surface area contributed by atoms with Gasteiger partial charge in [-0.1, -0.05) is 36.4 Å². The molecule has 5 nitrogen and oxygen atoms in total. The molecule has 2 aromatic rings. The molecule has 1 atom stereocenters. The number of hydrogen-bond acceptors (Lipinski definition) is 3. The normalized spacial score (nSPS) is 16.0. The van der Waals surface area contributed by atoms with Crippen molar-refractivity contribution in [2.45, 2.75) is 25.3 Å². The average molecular weight is 338 g/mol. The largest absolute Gasteiger partial charge is 0.483 e. The lowest BCUT2D eigenvalue weighted by molar-refractivity contribution is -0.134. The molecule has 0 aliphatic heterocycles. The van der Waals surface area contributed by atoms with Crippen molar-refractivity contribution in [3.63, 3.8) is 0 Å². The van der Waals surface area contributed by atoms with Gasteiger partial charge in [-0.05, 0) is 42.5 Å². The van der Waals surface area contributed by atoms with Crippen LogP contribution in [0, 0.1) is 0 Å². The van der Waals surface area contributed by atoms with Crippen LogP contribution in [-0.4, -0.2) is 30.4 Å². The number of hydrogen-bond donors (Lipinski definition) is 1. The van der Waals surface area contributed by atoms with Crippen LogP contribution in [0.5, 0.6) is 5.75 Å². The first kappa shape index (κ1) is 17.0. The second kappa shape index (κ2) is 7.38. The van der Waals surface area contributed by atoms with Crippen molar-refractivity contribution in [1.82, 2.24) is 4.90 Å². The van der Waals surface area contributed by atoms with E-state index in [1.807, 2.05) is 12.1 Å². The molecule has 0 saturated carbocycles. The fourth-order valence-electron chi connectivity index (χ4n) is 3.34. The molecule has 0 saturated heterocycles. The van der Waals surface area contributed by atoms with Crippen molar-refractivity contribution >= 4 is 11.8 Å². The highest BCUT2D eigenvalue weighted by molar-refractivity contribution is 5.95. The Labute approximate surface area is 147 Å². The van der Waals surface area contributed by atoms with Crippen LogP contribution in [0.15, 0.2) is 48.5 Å². The summed E-state index contributed by atoms with van der Waals surface area (Å²) in [6.45, 7) is -0.126. The van der Waals surface area contributed by atoms with E-state index in [1.54, 1.807) is 36.2 Å². The third-order valence-corrected chi connectivity index (χ3v) is 4.70. The van der Waals surface area contributed by atoms with Gasteiger partial charge in [0, 0.05) is 7.05 Å². The summed E-state index contributed by atoms with van der Waals surface area (Å²) in [7, 11) is 1.80. The molecule has 2 aromatic carbocycles. The highest BCUT2D eigenvalue weighted by atomic mass is 16.5. The van der Waals surface area contributed by atoms with Crippen molar-refractivity contribution in [3.05, 3.63) is 65.2 Å². The van der Waals surface area contributed by atoms with Gasteiger partial charge < -0.3 is 15.4 Å². The molecule has 25 heavy (non-hydrogen) atoms. The predicted octanol–water partition coefficient (Wildman–Crippen LogP) is 2.70. The summed E-state index contributed by atoms with van der Waals surface area (Å²) >= 11 is 0. The molecule has 130 valence electrons. The molecular formula is C20H22N2O3. The summed E-state index contributed by atoms with van der Waals surface area (Å²) < 4.78 is 5.57. The Morgan fingerprint density at radius 2 is 1.88 bits per heavy atom. The van der Waals surface area contributed by atoms with E-state index in [4.69, 9.17) is 10.5 Å². The van der Waals surface area contributed by atoms with Crippen LogP contribution >= 0.6 is 0 Å². The minimum absolute atomic E-state index is 0.0624. The molecule has 0 radical (unpaired) electrons. The molecule has 0 spiro atoms. The Balaban J connectivity index is 1.69. The third-order valence-electron chi connectivity index (χ3n) is 4.70. The van der Waals surface area contributed by atoms with Gasteiger partial charge in [0.15, 0.2) is 6.61 Å². The Bertz CT molecular complexity index is 788. The van der Waals surface area contributed by atoms with Gasteiger partial charge in [0.25, 0.3) is 11.8 Å². The zero-order valence-electron chi connectivity index (χ0n) is 14.3. The van der Waals surface area contributed by atoms with E-state index in [-0.39, 0.29) is 24.1 Å². The lowest BCUT2D eigenvalue weighted by Crippen LogP contribution is -2.36. The molecule has 0 aromatic heterocycles. The minimum Gasteiger partial charge on any atom is -0.483 e. The number of nitrogens with zero attached hydrogens (tertiary/aromatic N) is 1. The maximum absolute atomic E-state index is 12.6. The number of benzene rings is 2. The molecule has 3 rings (SSSR count). The number of carbonyl (C=O) groups is 2. The quantitative estimate of drug-likeness (QED) is 0.911. The number of likely N-dealkylation sites (N-methyl/N-ethyl adjacent to an activating group) is 1. The number of fused-ring (bicyclic) bond motifs is 1. The SMILES string of the molecule is CN(C(=O)COc1ccccc1C(N)=O)C1CCCc2ccccc21. The van der Waals surface area contributed by atoms with Crippen LogP contribution < -0.4 is 10.5 Å². The van der Waals surface area contributed by atoms with E-state index in [2.05, 4.69) is 12.1 Å². The zero-order valence-corrected chi connectivity index (χ0v) is 14.3. The number of amides is 2. The zero-order chi connectivity index (χ0) is 17.8. The first-order valence-electron chi connectivity index (χ1n) is 8.43. The Morgan fingerprint density at radius 3 is 2.68 bits per heavy atom. The van der Waals surface area contributed by atoms with Crippen molar-refractivity contribution in [3.8, 4) is 5.75 Å². The maximum Gasteiger partial charge on any atom is 0.260 e. The van der Waals surface area contributed by atoms with Crippen LogP contribution in [0.1, 0.15) is 40.4 Å². The number of nitrogens with two attached hydrogens (primary N) is 1. The number of carbonyl (C=O) groups excluding carboxylic acids is 2. The Morgan fingerprint density at radius 1 is 1.16 bits per heavy atom. The summed E-state index contributed by atoms with van der Waals surface area (Å²) in [5.74, 6) is -0.362. The number of aryl methyl sites for hydroxylation is 1. The van der Waals surface area contributed by atoms with Crippen molar-refractivity contribution in [2.75, 3.05) is 13.7 Å². The fourth-order valence-corrected chi connectivity index (χ4v) is 3.34. The average Bonchev–Trinajstić information content (AvgIpc) is 2.65. The molecule has 0 bridgehead atoms. The monoisotopic (exact) mass is 338 g/mol. The van der Waals surface area contributed by atoms with E-state index in [0.29, 0.717) is 5.75 Å². The molecule has 1 aliphatic rings. The van der Waals surface area contributed by atoms with E-state index in [9.17, 15) is 9.59 Å². The number of ether oxygens (including phenoxy) is 1. The summed E-state index contributed by atoms with van der Waals surface area (Å²) in [6.07, 6.45) is 3.05. The lowest BCUT2D eigenvalue weighted by atomic mass is 9.87. The standard InChI is InChI=1S/C20H22N2O3/c1-22(17-11-6-8-14-7-2-3-9-15(14)17)19(23)13-25-18-12-5-4-10-16(18)20(21)24/h2-5,7,9-10,12,17H,6,8,11,13H2,1H3,(H2,21,24). The number of primary amides is 1. The van der Waals surface area contributed by atoms with E-state index < -0.39 is 5.91 Å². The van der Waals surface area contributed by atoms with Gasteiger partial charge in [0.05, 0.1) is 11.6 Å². The fraction of sp³-hybridized carbons (Fsp3) is 0.300. The van der Waals surface area contributed by atoms with Gasteiger partial charge in [-0.2, -0.15) is 0 Å². The summed E-state index contributed by atoms with van der Waals surface area (Å²) in [4.78, 5) is 25.8. The molecule has 0 heterocycles. The first-order valence-corrected chi connectivity index (χ1v) is 8.43. The van der Waals surface area contributed by atoms with Crippen LogP contribution in [0.25, 0.3) is 0 Å². The van der Waals surface area contributed by atoms with Crippen molar-refractivity contribution in [2.24, 2.45) is 5.73 Å². The molecular weight excluding hydrogens is 316 g/mol. The molecule has 0 fully saturated rings. The summed E-state index contributed by atoms with van der Waals surface area (Å²) in [5.41, 5.74) is 8.13.